The van der Waals surface area contributed by atoms with Gasteiger partial charge < -0.3 is 15.5 Å². The first-order valence-electron chi connectivity index (χ1n) is 8.50. The third-order valence-electron chi connectivity index (χ3n) is 4.70. The Balaban J connectivity index is 1.43. The Morgan fingerprint density at radius 1 is 1.00 bits per heavy atom. The van der Waals surface area contributed by atoms with Crippen molar-refractivity contribution in [2.75, 3.05) is 13.1 Å². The normalized spacial score (nSPS) is 19.6. The summed E-state index contributed by atoms with van der Waals surface area (Å²) in [6.45, 7) is 1.37. The standard InChI is InChI=1S/C17H24N4O2/c22-16(15-7-3-4-10-18-15)19-14-8-11-21(12-9-14)17(23)20-13-5-1-2-6-13/h3-4,7,10,13-14H,1-2,5-6,8-9,11-12H2,(H,19,22)(H,20,23). The summed E-state index contributed by atoms with van der Waals surface area (Å²) in [5, 5.41) is 6.13. The van der Waals surface area contributed by atoms with Crippen molar-refractivity contribution in [2.24, 2.45) is 0 Å². The smallest absolute Gasteiger partial charge is 0.317 e. The molecule has 6 heteroatoms. The van der Waals surface area contributed by atoms with Crippen LogP contribution in [0, 0.1) is 0 Å². The van der Waals surface area contributed by atoms with E-state index in [2.05, 4.69) is 15.6 Å². The predicted octanol–water partition coefficient (Wildman–Crippen LogP) is 1.93. The fourth-order valence-corrected chi connectivity index (χ4v) is 3.32. The highest BCUT2D eigenvalue weighted by Crippen LogP contribution is 2.18. The number of rotatable bonds is 3. The number of carbonyl (C=O) groups is 2. The number of piperidine rings is 1. The molecule has 0 spiro atoms. The molecule has 0 radical (unpaired) electrons. The highest BCUT2D eigenvalue weighted by Gasteiger charge is 2.26. The van der Waals surface area contributed by atoms with Crippen molar-refractivity contribution in [3.05, 3.63) is 30.1 Å². The molecule has 1 saturated heterocycles. The summed E-state index contributed by atoms with van der Waals surface area (Å²) in [5.74, 6) is -0.139. The second-order valence-electron chi connectivity index (χ2n) is 6.38. The van der Waals surface area contributed by atoms with Gasteiger partial charge in [0.15, 0.2) is 0 Å². The lowest BCUT2D eigenvalue weighted by Crippen LogP contribution is -2.51. The van der Waals surface area contributed by atoms with Crippen LogP contribution in [0.25, 0.3) is 0 Å². The van der Waals surface area contributed by atoms with Crippen LogP contribution in [0.3, 0.4) is 0 Å². The summed E-state index contributed by atoms with van der Waals surface area (Å²) < 4.78 is 0. The lowest BCUT2D eigenvalue weighted by atomic mass is 10.1. The molecule has 1 aliphatic carbocycles. The van der Waals surface area contributed by atoms with Crippen LogP contribution < -0.4 is 10.6 Å². The molecule has 0 atom stereocenters. The third-order valence-corrected chi connectivity index (χ3v) is 4.70. The van der Waals surface area contributed by atoms with Crippen molar-refractivity contribution in [3.8, 4) is 0 Å². The van der Waals surface area contributed by atoms with E-state index in [1.165, 1.54) is 12.8 Å². The fraction of sp³-hybridized carbons (Fsp3) is 0.588. The minimum atomic E-state index is -0.139. The SMILES string of the molecule is O=C(NC1CCN(C(=O)NC2CCCC2)CC1)c1ccccn1. The first-order valence-corrected chi connectivity index (χ1v) is 8.50. The highest BCUT2D eigenvalue weighted by atomic mass is 16.2. The molecule has 3 amide bonds. The zero-order valence-corrected chi connectivity index (χ0v) is 13.3. The number of pyridine rings is 1. The van der Waals surface area contributed by atoms with Gasteiger partial charge in [0, 0.05) is 31.4 Å². The van der Waals surface area contributed by atoms with E-state index in [1.54, 1.807) is 24.4 Å². The number of urea groups is 1. The maximum absolute atomic E-state index is 12.2. The van der Waals surface area contributed by atoms with Crippen molar-refractivity contribution in [1.29, 1.82) is 0 Å². The Kier molecular flexibility index (Phi) is 5.10. The van der Waals surface area contributed by atoms with Crippen molar-refractivity contribution < 1.29 is 9.59 Å². The van der Waals surface area contributed by atoms with Crippen LogP contribution in [0.15, 0.2) is 24.4 Å². The van der Waals surface area contributed by atoms with E-state index in [0.29, 0.717) is 24.8 Å². The van der Waals surface area contributed by atoms with Gasteiger partial charge in [0.1, 0.15) is 5.69 Å². The van der Waals surface area contributed by atoms with Crippen LogP contribution in [0.5, 0.6) is 0 Å². The number of amides is 3. The summed E-state index contributed by atoms with van der Waals surface area (Å²) in [5.41, 5.74) is 0.439. The van der Waals surface area contributed by atoms with Crippen molar-refractivity contribution in [3.63, 3.8) is 0 Å². The average molecular weight is 316 g/mol. The Bertz CT molecular complexity index is 535. The minimum absolute atomic E-state index is 0.0476. The maximum atomic E-state index is 12.2. The summed E-state index contributed by atoms with van der Waals surface area (Å²) in [4.78, 5) is 30.2. The lowest BCUT2D eigenvalue weighted by molar-refractivity contribution is 0.0912. The van der Waals surface area contributed by atoms with Gasteiger partial charge in [-0.3, -0.25) is 9.78 Å². The molecule has 1 aromatic rings. The van der Waals surface area contributed by atoms with Crippen molar-refractivity contribution in [2.45, 2.75) is 50.6 Å². The number of aromatic nitrogens is 1. The molecule has 124 valence electrons. The van der Waals surface area contributed by atoms with Crippen LogP contribution in [-0.2, 0) is 0 Å². The molecule has 2 N–H and O–H groups in total. The van der Waals surface area contributed by atoms with E-state index in [0.717, 1.165) is 25.7 Å². The molecule has 2 aliphatic rings. The molecule has 0 bridgehead atoms. The van der Waals surface area contributed by atoms with Gasteiger partial charge in [-0.25, -0.2) is 4.79 Å². The number of hydrogen-bond donors (Lipinski definition) is 2. The quantitative estimate of drug-likeness (QED) is 0.895. The largest absolute Gasteiger partial charge is 0.348 e. The predicted molar refractivity (Wildman–Crippen MR) is 87.1 cm³/mol. The van der Waals surface area contributed by atoms with Crippen LogP contribution in [0.2, 0.25) is 0 Å². The Morgan fingerprint density at radius 3 is 2.35 bits per heavy atom. The Hall–Kier alpha value is -2.11. The fourth-order valence-electron chi connectivity index (χ4n) is 3.32. The van der Waals surface area contributed by atoms with Gasteiger partial charge in [-0.15, -0.1) is 0 Å². The number of nitrogens with one attached hydrogen (secondary N) is 2. The van der Waals surface area contributed by atoms with Crippen LogP contribution in [0.4, 0.5) is 4.79 Å². The Labute approximate surface area is 136 Å². The molecule has 23 heavy (non-hydrogen) atoms. The van der Waals surface area contributed by atoms with Crippen LogP contribution >= 0.6 is 0 Å². The first kappa shape index (κ1) is 15.8. The van der Waals surface area contributed by atoms with E-state index in [1.807, 2.05) is 4.90 Å². The van der Waals surface area contributed by atoms with Crippen LogP contribution in [-0.4, -0.2) is 47.0 Å². The van der Waals surface area contributed by atoms with E-state index in [4.69, 9.17) is 0 Å². The summed E-state index contributed by atoms with van der Waals surface area (Å²) in [7, 11) is 0. The number of hydrogen-bond acceptors (Lipinski definition) is 3. The van der Waals surface area contributed by atoms with Gasteiger partial charge in [0.05, 0.1) is 0 Å². The van der Waals surface area contributed by atoms with Gasteiger partial charge in [-0.2, -0.15) is 0 Å². The topological polar surface area (TPSA) is 74.3 Å². The van der Waals surface area contributed by atoms with Gasteiger partial charge in [0.2, 0.25) is 0 Å². The molecule has 1 saturated carbocycles. The van der Waals surface area contributed by atoms with E-state index >= 15 is 0 Å². The second-order valence-corrected chi connectivity index (χ2v) is 6.38. The molecule has 2 fully saturated rings. The molecule has 1 aliphatic heterocycles. The summed E-state index contributed by atoms with van der Waals surface area (Å²) in [6.07, 6.45) is 7.82. The molecule has 0 unspecified atom stereocenters. The molecule has 1 aromatic heterocycles. The monoisotopic (exact) mass is 316 g/mol. The van der Waals surface area contributed by atoms with Crippen molar-refractivity contribution in [1.82, 2.24) is 20.5 Å². The summed E-state index contributed by atoms with van der Waals surface area (Å²) >= 11 is 0. The number of carbonyl (C=O) groups excluding carboxylic acids is 2. The van der Waals surface area contributed by atoms with E-state index in [-0.39, 0.29) is 18.0 Å². The first-order chi connectivity index (χ1) is 11.2. The average Bonchev–Trinajstić information content (AvgIpc) is 3.09. The lowest BCUT2D eigenvalue weighted by Gasteiger charge is -2.33. The van der Waals surface area contributed by atoms with Gasteiger partial charge in [-0.05, 0) is 37.8 Å². The van der Waals surface area contributed by atoms with Gasteiger partial charge in [-0.1, -0.05) is 18.9 Å². The van der Waals surface area contributed by atoms with Crippen LogP contribution in [0.1, 0.15) is 49.0 Å². The molecule has 2 heterocycles. The zero-order valence-electron chi connectivity index (χ0n) is 13.3. The van der Waals surface area contributed by atoms with Gasteiger partial charge in [0.25, 0.3) is 5.91 Å². The van der Waals surface area contributed by atoms with E-state index < -0.39 is 0 Å². The molecule has 0 aromatic carbocycles. The van der Waals surface area contributed by atoms with E-state index in [9.17, 15) is 9.59 Å². The second kappa shape index (κ2) is 7.44. The highest BCUT2D eigenvalue weighted by molar-refractivity contribution is 5.92. The minimum Gasteiger partial charge on any atom is -0.348 e. The molecular weight excluding hydrogens is 292 g/mol. The Morgan fingerprint density at radius 2 is 1.70 bits per heavy atom. The molecular formula is C17H24N4O2. The maximum Gasteiger partial charge on any atom is 0.317 e. The molecule has 6 nitrogen and oxygen atoms in total. The third kappa shape index (κ3) is 4.21. The van der Waals surface area contributed by atoms with Gasteiger partial charge >= 0.3 is 6.03 Å². The summed E-state index contributed by atoms with van der Waals surface area (Å²) in [6, 6.07) is 5.81. The number of likely N-dealkylation sites (tertiary alicyclic amines) is 1. The number of nitrogens with zero attached hydrogens (tertiary/aromatic N) is 2. The molecule has 3 rings (SSSR count). The zero-order chi connectivity index (χ0) is 16.1. The van der Waals surface area contributed by atoms with Crippen molar-refractivity contribution >= 4 is 11.9 Å².